The van der Waals surface area contributed by atoms with Crippen LogP contribution < -0.4 is 9.86 Å². The summed E-state index contributed by atoms with van der Waals surface area (Å²) >= 11 is 0. The van der Waals surface area contributed by atoms with E-state index in [0.717, 1.165) is 19.4 Å². The monoisotopic (exact) mass is 334 g/mol. The van der Waals surface area contributed by atoms with Crippen LogP contribution in [0.4, 0.5) is 0 Å². The van der Waals surface area contributed by atoms with Gasteiger partial charge in [-0.15, -0.1) is 0 Å². The lowest BCUT2D eigenvalue weighted by Crippen LogP contribution is -2.27. The van der Waals surface area contributed by atoms with Crippen LogP contribution in [0.1, 0.15) is 19.3 Å². The predicted molar refractivity (Wildman–Crippen MR) is 76.6 cm³/mol. The van der Waals surface area contributed by atoms with E-state index in [2.05, 4.69) is 4.72 Å². The number of ether oxygens (including phenoxy) is 1. The summed E-state index contributed by atoms with van der Waals surface area (Å²) in [5.41, 5.74) is 0. The molecule has 1 aromatic carbocycles. The lowest BCUT2D eigenvalue weighted by atomic mass is 10.2. The fraction of sp³-hybridized carbons (Fsp3) is 0.500. The van der Waals surface area contributed by atoms with Crippen LogP contribution in [0.5, 0.6) is 0 Å². The molecule has 7 nitrogen and oxygen atoms in total. The highest BCUT2D eigenvalue weighted by atomic mass is 32.2. The molecule has 0 spiro atoms. The zero-order chi connectivity index (χ0) is 15.5. The summed E-state index contributed by atoms with van der Waals surface area (Å²) in [5, 5.41) is 4.96. The Morgan fingerprint density at radius 2 is 1.76 bits per heavy atom. The number of hydrogen-bond donors (Lipinski definition) is 2. The molecule has 0 saturated carbocycles. The highest BCUT2D eigenvalue weighted by molar-refractivity contribution is 7.89. The first-order valence-corrected chi connectivity index (χ1v) is 9.56. The van der Waals surface area contributed by atoms with Gasteiger partial charge in [0, 0.05) is 13.2 Å². The summed E-state index contributed by atoms with van der Waals surface area (Å²) in [4.78, 5) is -0.122. The molecule has 21 heavy (non-hydrogen) atoms. The van der Waals surface area contributed by atoms with Gasteiger partial charge in [0.2, 0.25) is 20.0 Å². The number of nitrogens with two attached hydrogens (primary N) is 1. The molecule has 1 fully saturated rings. The lowest BCUT2D eigenvalue weighted by Gasteiger charge is -2.10. The molecule has 1 aliphatic heterocycles. The summed E-state index contributed by atoms with van der Waals surface area (Å²) in [5.74, 6) is 0. The predicted octanol–water partition coefficient (Wildman–Crippen LogP) is 0.181. The second kappa shape index (κ2) is 6.41. The van der Waals surface area contributed by atoms with Gasteiger partial charge in [0.15, 0.2) is 0 Å². The van der Waals surface area contributed by atoms with Crippen LogP contribution in [0, 0.1) is 0 Å². The zero-order valence-corrected chi connectivity index (χ0v) is 13.0. The normalized spacial score (nSPS) is 19.8. The van der Waals surface area contributed by atoms with Gasteiger partial charge >= 0.3 is 0 Å². The third kappa shape index (κ3) is 4.48. The summed E-state index contributed by atoms with van der Waals surface area (Å²) in [6, 6.07) is 4.77. The van der Waals surface area contributed by atoms with Gasteiger partial charge in [-0.3, -0.25) is 0 Å². The van der Waals surface area contributed by atoms with Gasteiger partial charge in [-0.25, -0.2) is 26.7 Å². The molecule has 3 N–H and O–H groups in total. The van der Waals surface area contributed by atoms with Gasteiger partial charge in [0.1, 0.15) is 0 Å². The molecular weight excluding hydrogens is 316 g/mol. The molecule has 1 heterocycles. The smallest absolute Gasteiger partial charge is 0.240 e. The van der Waals surface area contributed by atoms with Crippen LogP contribution in [-0.2, 0) is 24.8 Å². The van der Waals surface area contributed by atoms with Gasteiger partial charge in [-0.2, -0.15) is 0 Å². The Balaban J connectivity index is 1.98. The van der Waals surface area contributed by atoms with Crippen LogP contribution in [0.15, 0.2) is 34.1 Å². The van der Waals surface area contributed by atoms with E-state index in [4.69, 9.17) is 9.88 Å². The quantitative estimate of drug-likeness (QED) is 0.770. The highest BCUT2D eigenvalue weighted by Crippen LogP contribution is 2.16. The molecule has 1 atom stereocenters. The highest BCUT2D eigenvalue weighted by Gasteiger charge is 2.18. The molecule has 2 rings (SSSR count). The van der Waals surface area contributed by atoms with Gasteiger partial charge in [-0.05, 0) is 43.5 Å². The summed E-state index contributed by atoms with van der Waals surface area (Å²) < 4.78 is 54.2. The second-order valence-electron chi connectivity index (χ2n) is 4.84. The second-order valence-corrected chi connectivity index (χ2v) is 8.17. The fourth-order valence-corrected chi connectivity index (χ4v) is 3.68. The van der Waals surface area contributed by atoms with E-state index in [1.807, 2.05) is 0 Å². The molecule has 1 aliphatic rings. The Morgan fingerprint density at radius 1 is 1.14 bits per heavy atom. The first kappa shape index (κ1) is 16.4. The van der Waals surface area contributed by atoms with E-state index in [-0.39, 0.29) is 22.4 Å². The minimum absolute atomic E-state index is 0.00207. The molecule has 0 aromatic heterocycles. The maximum atomic E-state index is 12.0. The van der Waals surface area contributed by atoms with Crippen LogP contribution in [0.3, 0.4) is 0 Å². The molecular formula is C12H18N2O5S2. The Kier molecular flexibility index (Phi) is 4.99. The van der Waals surface area contributed by atoms with E-state index in [0.29, 0.717) is 6.42 Å². The maximum absolute atomic E-state index is 12.0. The van der Waals surface area contributed by atoms with Crippen LogP contribution >= 0.6 is 0 Å². The average Bonchev–Trinajstić information content (AvgIpc) is 2.91. The van der Waals surface area contributed by atoms with E-state index in [9.17, 15) is 16.8 Å². The zero-order valence-electron chi connectivity index (χ0n) is 11.4. The van der Waals surface area contributed by atoms with Crippen molar-refractivity contribution in [2.75, 3.05) is 13.2 Å². The largest absolute Gasteiger partial charge is 0.378 e. The summed E-state index contributed by atoms with van der Waals surface area (Å²) in [6.45, 7) is 1.01. The standard InChI is InChI=1S/C12H18N2O5S2/c13-20(15,16)11-3-5-12(6-4-11)21(17,18)14-8-7-10-2-1-9-19-10/h3-6,10,14H,1-2,7-9H2,(H2,13,15,16). The molecule has 0 aliphatic carbocycles. The lowest BCUT2D eigenvalue weighted by molar-refractivity contribution is 0.105. The first-order valence-electron chi connectivity index (χ1n) is 6.53. The third-order valence-corrected chi connectivity index (χ3v) is 5.65. The molecule has 118 valence electrons. The fourth-order valence-electron chi connectivity index (χ4n) is 2.12. The maximum Gasteiger partial charge on any atom is 0.240 e. The van der Waals surface area contributed by atoms with E-state index in [1.54, 1.807) is 0 Å². The average molecular weight is 334 g/mol. The molecule has 1 saturated heterocycles. The third-order valence-electron chi connectivity index (χ3n) is 3.24. The van der Waals surface area contributed by atoms with Gasteiger partial charge in [0.25, 0.3) is 0 Å². The topological polar surface area (TPSA) is 116 Å². The number of nitrogens with one attached hydrogen (secondary N) is 1. The van der Waals surface area contributed by atoms with Gasteiger partial charge < -0.3 is 4.74 Å². The van der Waals surface area contributed by atoms with Crippen LogP contribution in [-0.4, -0.2) is 36.1 Å². The summed E-state index contributed by atoms with van der Waals surface area (Å²) in [7, 11) is -7.48. The first-order chi connectivity index (χ1) is 9.79. The van der Waals surface area contributed by atoms with Crippen molar-refractivity contribution in [1.29, 1.82) is 0 Å². The SMILES string of the molecule is NS(=O)(=O)c1ccc(S(=O)(=O)NCCC2CCCO2)cc1. The molecule has 0 radical (unpaired) electrons. The van der Waals surface area contributed by atoms with Gasteiger partial charge in [-0.1, -0.05) is 0 Å². The van der Waals surface area contributed by atoms with Crippen molar-refractivity contribution in [2.45, 2.75) is 35.2 Å². The van der Waals surface area contributed by atoms with Gasteiger partial charge in [0.05, 0.1) is 15.9 Å². The van der Waals surface area contributed by atoms with Crippen molar-refractivity contribution in [2.24, 2.45) is 5.14 Å². The Hall–Kier alpha value is -1.00. The number of sulfonamides is 2. The number of benzene rings is 1. The minimum atomic E-state index is -3.82. The van der Waals surface area contributed by atoms with Crippen molar-refractivity contribution in [3.63, 3.8) is 0 Å². The number of primary sulfonamides is 1. The van der Waals surface area contributed by atoms with Crippen LogP contribution in [0.25, 0.3) is 0 Å². The van der Waals surface area contributed by atoms with Crippen molar-refractivity contribution in [3.8, 4) is 0 Å². The van der Waals surface area contributed by atoms with E-state index < -0.39 is 20.0 Å². The Labute approximate surface area is 124 Å². The van der Waals surface area contributed by atoms with Crippen molar-refractivity contribution < 1.29 is 21.6 Å². The molecule has 0 bridgehead atoms. The molecule has 9 heteroatoms. The number of rotatable bonds is 6. The Morgan fingerprint density at radius 3 is 2.29 bits per heavy atom. The minimum Gasteiger partial charge on any atom is -0.378 e. The van der Waals surface area contributed by atoms with Crippen LogP contribution in [0.2, 0.25) is 0 Å². The summed E-state index contributed by atoms with van der Waals surface area (Å²) in [6.07, 6.45) is 2.68. The number of hydrogen-bond acceptors (Lipinski definition) is 5. The molecule has 1 unspecified atom stereocenters. The van der Waals surface area contributed by atoms with Crippen molar-refractivity contribution in [1.82, 2.24) is 4.72 Å². The van der Waals surface area contributed by atoms with Crippen molar-refractivity contribution >= 4 is 20.0 Å². The van der Waals surface area contributed by atoms with E-state index >= 15 is 0 Å². The molecule has 1 aromatic rings. The Bertz CT molecular complexity index is 677. The molecule has 0 amide bonds. The van der Waals surface area contributed by atoms with Crippen molar-refractivity contribution in [3.05, 3.63) is 24.3 Å². The van der Waals surface area contributed by atoms with E-state index in [1.165, 1.54) is 24.3 Å².